The van der Waals surface area contributed by atoms with E-state index in [0.29, 0.717) is 24.2 Å². The number of anilines is 1. The number of ether oxygens (including phenoxy) is 1. The van der Waals surface area contributed by atoms with Crippen LogP contribution in [0.1, 0.15) is 57.4 Å². The van der Waals surface area contributed by atoms with E-state index in [9.17, 15) is 9.59 Å². The molecule has 0 aromatic carbocycles. The van der Waals surface area contributed by atoms with Gasteiger partial charge in [-0.2, -0.15) is 0 Å². The number of imidazole rings is 1. The maximum atomic E-state index is 12.6. The number of amides is 1. The second-order valence-corrected chi connectivity index (χ2v) is 7.35. The number of hydrogen-bond donors (Lipinski definition) is 1. The van der Waals surface area contributed by atoms with E-state index < -0.39 is 5.97 Å². The van der Waals surface area contributed by atoms with Crippen LogP contribution in [0.2, 0.25) is 0 Å². The van der Waals surface area contributed by atoms with E-state index in [1.807, 2.05) is 0 Å². The van der Waals surface area contributed by atoms with Crippen molar-refractivity contribution >= 4 is 17.8 Å². The zero-order valence-corrected chi connectivity index (χ0v) is 14.7. The Balaban J connectivity index is 2.07. The largest absolute Gasteiger partial charge is 0.461 e. The van der Waals surface area contributed by atoms with Gasteiger partial charge in [-0.05, 0) is 37.5 Å². The molecule has 2 atom stereocenters. The molecule has 0 saturated heterocycles. The summed E-state index contributed by atoms with van der Waals surface area (Å²) in [5.41, 5.74) is 0.511. The zero-order chi connectivity index (χ0) is 17.2. The molecule has 0 aliphatic heterocycles. The van der Waals surface area contributed by atoms with Crippen LogP contribution >= 0.6 is 0 Å². The van der Waals surface area contributed by atoms with Gasteiger partial charge in [0.1, 0.15) is 5.69 Å². The molecule has 0 radical (unpaired) electrons. The Morgan fingerprint density at radius 1 is 1.43 bits per heavy atom. The fraction of sp³-hybridized carbons (Fsp3) is 0.706. The summed E-state index contributed by atoms with van der Waals surface area (Å²) in [5.74, 6) is 0.445. The van der Waals surface area contributed by atoms with Crippen molar-refractivity contribution in [1.82, 2.24) is 9.55 Å². The number of aromatic nitrogens is 2. The number of carbonyl (C=O) groups is 2. The summed E-state index contributed by atoms with van der Waals surface area (Å²) in [6.45, 7) is 8.68. The van der Waals surface area contributed by atoms with Gasteiger partial charge in [-0.1, -0.05) is 20.8 Å². The number of esters is 1. The lowest BCUT2D eigenvalue weighted by molar-refractivity contribution is -0.122. The molecule has 1 heterocycles. The van der Waals surface area contributed by atoms with Gasteiger partial charge in [0.25, 0.3) is 0 Å². The van der Waals surface area contributed by atoms with Crippen LogP contribution < -0.4 is 5.32 Å². The molecule has 6 heteroatoms. The van der Waals surface area contributed by atoms with Gasteiger partial charge in [-0.15, -0.1) is 0 Å². The van der Waals surface area contributed by atoms with Crippen molar-refractivity contribution < 1.29 is 14.3 Å². The van der Waals surface area contributed by atoms with Crippen molar-refractivity contribution in [2.24, 2.45) is 24.3 Å². The average Bonchev–Trinajstić information content (AvgIpc) is 2.78. The van der Waals surface area contributed by atoms with E-state index >= 15 is 0 Å². The van der Waals surface area contributed by atoms with E-state index in [4.69, 9.17) is 4.74 Å². The third-order valence-electron chi connectivity index (χ3n) is 4.47. The summed E-state index contributed by atoms with van der Waals surface area (Å²) in [7, 11) is 1.70. The highest BCUT2D eigenvalue weighted by Crippen LogP contribution is 2.41. The van der Waals surface area contributed by atoms with Crippen LogP contribution in [-0.2, 0) is 16.6 Å². The standard InChI is InChI=1S/C17H27N3O3/c1-6-23-15(22)13-10-18-16(20(13)5)19-14(21)12-7-11(2)8-17(3,4)9-12/h10-12H,6-9H2,1-5H3,(H,18,19,21)/t11-,12+/m1/s1. The Labute approximate surface area is 137 Å². The van der Waals surface area contributed by atoms with Crippen LogP contribution in [0.25, 0.3) is 0 Å². The molecule has 1 amide bonds. The Morgan fingerprint density at radius 3 is 2.74 bits per heavy atom. The first-order valence-corrected chi connectivity index (χ1v) is 8.23. The number of nitrogens with one attached hydrogen (secondary N) is 1. The Bertz CT molecular complexity index is 592. The van der Waals surface area contributed by atoms with Gasteiger partial charge < -0.3 is 9.30 Å². The van der Waals surface area contributed by atoms with E-state index in [-0.39, 0.29) is 17.2 Å². The van der Waals surface area contributed by atoms with E-state index in [2.05, 4.69) is 31.1 Å². The molecule has 6 nitrogen and oxygen atoms in total. The van der Waals surface area contributed by atoms with Crippen molar-refractivity contribution in [3.05, 3.63) is 11.9 Å². The zero-order valence-electron chi connectivity index (χ0n) is 14.7. The molecule has 23 heavy (non-hydrogen) atoms. The fourth-order valence-electron chi connectivity index (χ4n) is 3.68. The molecule has 2 rings (SSSR count). The normalized spacial score (nSPS) is 23.3. The van der Waals surface area contributed by atoms with Gasteiger partial charge in [0, 0.05) is 13.0 Å². The summed E-state index contributed by atoms with van der Waals surface area (Å²) in [5, 5.41) is 2.86. The third kappa shape index (κ3) is 4.12. The Morgan fingerprint density at radius 2 is 2.13 bits per heavy atom. The molecular weight excluding hydrogens is 294 g/mol. The highest BCUT2D eigenvalue weighted by atomic mass is 16.5. The lowest BCUT2D eigenvalue weighted by atomic mass is 9.68. The van der Waals surface area contributed by atoms with Gasteiger partial charge in [-0.25, -0.2) is 9.78 Å². The van der Waals surface area contributed by atoms with Crippen LogP contribution in [0.3, 0.4) is 0 Å². The van der Waals surface area contributed by atoms with Crippen LogP contribution in [0, 0.1) is 17.3 Å². The maximum Gasteiger partial charge on any atom is 0.356 e. The molecule has 0 unspecified atom stereocenters. The second kappa shape index (κ2) is 6.72. The average molecular weight is 321 g/mol. The topological polar surface area (TPSA) is 73.2 Å². The summed E-state index contributed by atoms with van der Waals surface area (Å²) >= 11 is 0. The van der Waals surface area contributed by atoms with Crippen LogP contribution in [-0.4, -0.2) is 28.0 Å². The fourth-order valence-corrected chi connectivity index (χ4v) is 3.68. The monoisotopic (exact) mass is 321 g/mol. The van der Waals surface area contributed by atoms with Crippen LogP contribution in [0.15, 0.2) is 6.20 Å². The Kier molecular flexibility index (Phi) is 5.12. The van der Waals surface area contributed by atoms with E-state index in [1.165, 1.54) is 6.20 Å². The molecular formula is C17H27N3O3. The minimum atomic E-state index is -0.435. The molecule has 0 bridgehead atoms. The number of rotatable bonds is 4. The van der Waals surface area contributed by atoms with Gasteiger partial charge in [0.2, 0.25) is 11.9 Å². The predicted molar refractivity (Wildman–Crippen MR) is 88.1 cm³/mol. The van der Waals surface area contributed by atoms with Crippen LogP contribution in [0.4, 0.5) is 5.95 Å². The summed E-state index contributed by atoms with van der Waals surface area (Å²) < 4.78 is 6.54. The van der Waals surface area contributed by atoms with Crippen molar-refractivity contribution in [2.45, 2.75) is 47.0 Å². The van der Waals surface area contributed by atoms with Gasteiger partial charge in [-0.3, -0.25) is 10.1 Å². The molecule has 1 aromatic heterocycles. The molecule has 1 N–H and O–H groups in total. The first-order chi connectivity index (χ1) is 10.7. The molecule has 1 aromatic rings. The predicted octanol–water partition coefficient (Wildman–Crippen LogP) is 3.00. The SMILES string of the molecule is CCOC(=O)c1cnc(NC(=O)[C@H]2C[C@@H](C)CC(C)(C)C2)n1C. The molecule has 1 aliphatic rings. The summed E-state index contributed by atoms with van der Waals surface area (Å²) in [4.78, 5) is 28.5. The second-order valence-electron chi connectivity index (χ2n) is 7.35. The minimum absolute atomic E-state index is 0.0171. The smallest absolute Gasteiger partial charge is 0.356 e. The first-order valence-electron chi connectivity index (χ1n) is 8.23. The van der Waals surface area contributed by atoms with Crippen molar-refractivity contribution in [3.63, 3.8) is 0 Å². The number of carbonyl (C=O) groups excluding carboxylic acids is 2. The van der Waals surface area contributed by atoms with Gasteiger partial charge in [0.15, 0.2) is 0 Å². The minimum Gasteiger partial charge on any atom is -0.461 e. The summed E-state index contributed by atoms with van der Waals surface area (Å²) in [6.07, 6.45) is 4.34. The van der Waals surface area contributed by atoms with Crippen LogP contribution in [0.5, 0.6) is 0 Å². The molecule has 0 spiro atoms. The number of hydrogen-bond acceptors (Lipinski definition) is 4. The third-order valence-corrected chi connectivity index (χ3v) is 4.47. The van der Waals surface area contributed by atoms with Crippen molar-refractivity contribution in [3.8, 4) is 0 Å². The quantitative estimate of drug-likeness (QED) is 0.865. The van der Waals surface area contributed by atoms with Gasteiger partial charge >= 0.3 is 5.97 Å². The highest BCUT2D eigenvalue weighted by molar-refractivity contribution is 5.93. The highest BCUT2D eigenvalue weighted by Gasteiger charge is 2.35. The first kappa shape index (κ1) is 17.5. The molecule has 1 fully saturated rings. The molecule has 128 valence electrons. The van der Waals surface area contributed by atoms with Gasteiger partial charge in [0.05, 0.1) is 12.8 Å². The molecule has 1 saturated carbocycles. The van der Waals surface area contributed by atoms with Crippen molar-refractivity contribution in [1.29, 1.82) is 0 Å². The summed E-state index contributed by atoms with van der Waals surface area (Å²) in [6, 6.07) is 0. The maximum absolute atomic E-state index is 12.6. The Hall–Kier alpha value is -1.85. The van der Waals surface area contributed by atoms with E-state index in [1.54, 1.807) is 18.5 Å². The lowest BCUT2D eigenvalue weighted by Crippen LogP contribution is -2.35. The van der Waals surface area contributed by atoms with E-state index in [0.717, 1.165) is 19.3 Å². The number of nitrogens with zero attached hydrogens (tertiary/aromatic N) is 2. The molecule has 1 aliphatic carbocycles. The lowest BCUT2D eigenvalue weighted by Gasteiger charge is -2.38. The van der Waals surface area contributed by atoms with Crippen molar-refractivity contribution in [2.75, 3.05) is 11.9 Å².